The Morgan fingerprint density at radius 1 is 1.43 bits per heavy atom. The van der Waals surface area contributed by atoms with E-state index in [-0.39, 0.29) is 42.3 Å². The molecule has 1 aromatic heterocycles. The number of ether oxygens (including phenoxy) is 1. The second-order valence-electron chi connectivity index (χ2n) is 4.96. The first-order chi connectivity index (χ1) is 10.7. The maximum absolute atomic E-state index is 12.6. The van der Waals surface area contributed by atoms with Gasteiger partial charge < -0.3 is 15.8 Å². The molecule has 0 atom stereocenters. The van der Waals surface area contributed by atoms with Gasteiger partial charge in [-0.1, -0.05) is 0 Å². The van der Waals surface area contributed by atoms with E-state index in [1.54, 1.807) is 0 Å². The van der Waals surface area contributed by atoms with Gasteiger partial charge in [0.1, 0.15) is 12.4 Å². The molecule has 2 rings (SSSR count). The van der Waals surface area contributed by atoms with Crippen LogP contribution in [0.5, 0.6) is 0 Å². The molecule has 1 aliphatic rings. The molecule has 1 aliphatic heterocycles. The Hall–Kier alpha value is -1.01. The van der Waals surface area contributed by atoms with Crippen LogP contribution in [0.25, 0.3) is 0 Å². The quantitative estimate of drug-likeness (QED) is 0.284. The van der Waals surface area contributed by atoms with Gasteiger partial charge in [0.05, 0.1) is 13.2 Å². The first-order valence-corrected chi connectivity index (χ1v) is 7.30. The topological polar surface area (TPSA) is 80.7 Å². The van der Waals surface area contributed by atoms with Gasteiger partial charge in [0.15, 0.2) is 5.96 Å². The van der Waals surface area contributed by atoms with Crippen LogP contribution in [-0.2, 0) is 11.3 Å². The Bertz CT molecular complexity index is 479. The standard InChI is InChI=1S/C13H22F2N6O.HI/c14-12(15)21-5-3-17-11(21)10-19-13(16)18-2-1-4-20-6-8-22-9-7-20;/h3,5,12H,1-2,4,6-10H2,(H3,16,18,19);1H. The van der Waals surface area contributed by atoms with Crippen LogP contribution in [0.2, 0.25) is 0 Å². The maximum Gasteiger partial charge on any atom is 0.319 e. The number of rotatable bonds is 7. The van der Waals surface area contributed by atoms with Crippen LogP contribution in [0.4, 0.5) is 8.78 Å². The van der Waals surface area contributed by atoms with Crippen molar-refractivity contribution >= 4 is 29.9 Å². The van der Waals surface area contributed by atoms with Crippen molar-refractivity contribution < 1.29 is 13.5 Å². The molecule has 0 amide bonds. The highest BCUT2D eigenvalue weighted by molar-refractivity contribution is 14.0. The minimum Gasteiger partial charge on any atom is -0.379 e. The van der Waals surface area contributed by atoms with Gasteiger partial charge in [-0.3, -0.25) is 9.47 Å². The summed E-state index contributed by atoms with van der Waals surface area (Å²) < 4.78 is 31.3. The molecule has 3 N–H and O–H groups in total. The van der Waals surface area contributed by atoms with Crippen molar-refractivity contribution in [3.8, 4) is 0 Å². The third kappa shape index (κ3) is 6.96. The Morgan fingerprint density at radius 2 is 2.17 bits per heavy atom. The number of guanidine groups is 1. The number of morpholine rings is 1. The largest absolute Gasteiger partial charge is 0.379 e. The van der Waals surface area contributed by atoms with Crippen molar-refractivity contribution in [1.29, 1.82) is 0 Å². The molecular weight excluding hydrogens is 421 g/mol. The zero-order chi connectivity index (χ0) is 15.8. The van der Waals surface area contributed by atoms with E-state index in [9.17, 15) is 8.78 Å². The van der Waals surface area contributed by atoms with Gasteiger partial charge in [-0.05, 0) is 13.0 Å². The molecule has 0 aromatic carbocycles. The molecule has 1 saturated heterocycles. The SMILES string of the molecule is I.NC(=NCc1nccn1C(F)F)NCCCN1CCOCC1. The smallest absolute Gasteiger partial charge is 0.319 e. The average Bonchev–Trinajstić information content (AvgIpc) is 2.99. The molecule has 0 unspecified atom stereocenters. The summed E-state index contributed by atoms with van der Waals surface area (Å²) in [7, 11) is 0. The van der Waals surface area contributed by atoms with Crippen LogP contribution < -0.4 is 11.1 Å². The molecule has 1 aromatic rings. The lowest BCUT2D eigenvalue weighted by molar-refractivity contribution is 0.0376. The number of halogens is 3. The molecule has 1 fully saturated rings. The maximum atomic E-state index is 12.6. The number of nitrogens with one attached hydrogen (secondary N) is 1. The molecule has 0 spiro atoms. The third-order valence-corrected chi connectivity index (χ3v) is 3.41. The van der Waals surface area contributed by atoms with Crippen molar-refractivity contribution in [1.82, 2.24) is 19.8 Å². The number of aliphatic imine (C=N–C) groups is 1. The third-order valence-electron chi connectivity index (χ3n) is 3.41. The second kappa shape index (κ2) is 10.7. The predicted octanol–water partition coefficient (Wildman–Crippen LogP) is 1.02. The minimum absolute atomic E-state index is 0. The average molecular weight is 444 g/mol. The number of hydrogen-bond donors (Lipinski definition) is 2. The van der Waals surface area contributed by atoms with E-state index in [1.807, 2.05) is 0 Å². The fourth-order valence-electron chi connectivity index (χ4n) is 2.20. The van der Waals surface area contributed by atoms with E-state index in [1.165, 1.54) is 12.4 Å². The molecule has 0 radical (unpaired) electrons. The van der Waals surface area contributed by atoms with Gasteiger partial charge in [0.25, 0.3) is 0 Å². The molecule has 0 aliphatic carbocycles. The van der Waals surface area contributed by atoms with E-state index in [4.69, 9.17) is 10.5 Å². The zero-order valence-electron chi connectivity index (χ0n) is 12.8. The van der Waals surface area contributed by atoms with Crippen molar-refractivity contribution in [3.05, 3.63) is 18.2 Å². The van der Waals surface area contributed by atoms with E-state index < -0.39 is 6.55 Å². The van der Waals surface area contributed by atoms with Gasteiger partial charge in [-0.15, -0.1) is 24.0 Å². The summed E-state index contributed by atoms with van der Waals surface area (Å²) >= 11 is 0. The number of nitrogens with zero attached hydrogens (tertiary/aromatic N) is 4. The van der Waals surface area contributed by atoms with Crippen molar-refractivity contribution in [3.63, 3.8) is 0 Å². The van der Waals surface area contributed by atoms with Crippen LogP contribution in [0, 0.1) is 0 Å². The van der Waals surface area contributed by atoms with Gasteiger partial charge in [0.2, 0.25) is 0 Å². The fourth-order valence-corrected chi connectivity index (χ4v) is 2.20. The summed E-state index contributed by atoms with van der Waals surface area (Å²) in [6.45, 7) is 2.56. The highest BCUT2D eigenvalue weighted by Gasteiger charge is 2.11. The first-order valence-electron chi connectivity index (χ1n) is 7.30. The van der Waals surface area contributed by atoms with E-state index >= 15 is 0 Å². The number of aromatic nitrogens is 2. The van der Waals surface area contributed by atoms with Gasteiger partial charge in [-0.25, -0.2) is 9.98 Å². The molecule has 10 heteroatoms. The summed E-state index contributed by atoms with van der Waals surface area (Å²) in [6, 6.07) is 0. The van der Waals surface area contributed by atoms with Crippen molar-refractivity contribution in [2.24, 2.45) is 10.7 Å². The minimum atomic E-state index is -2.62. The van der Waals surface area contributed by atoms with Crippen LogP contribution in [0.3, 0.4) is 0 Å². The zero-order valence-corrected chi connectivity index (χ0v) is 15.2. The molecule has 2 heterocycles. The molecule has 0 bridgehead atoms. The summed E-state index contributed by atoms with van der Waals surface area (Å²) in [4.78, 5) is 10.2. The molecular formula is C13H23F2IN6O. The van der Waals surface area contributed by atoms with Gasteiger partial charge in [0, 0.05) is 32.0 Å². The van der Waals surface area contributed by atoms with Crippen molar-refractivity contribution in [2.45, 2.75) is 19.5 Å². The summed E-state index contributed by atoms with van der Waals surface area (Å²) in [5, 5.41) is 2.98. The monoisotopic (exact) mass is 444 g/mol. The fraction of sp³-hybridized carbons (Fsp3) is 0.692. The van der Waals surface area contributed by atoms with E-state index in [0.717, 1.165) is 43.8 Å². The van der Waals surface area contributed by atoms with Crippen LogP contribution in [-0.4, -0.2) is 59.8 Å². The lowest BCUT2D eigenvalue weighted by atomic mass is 10.3. The first kappa shape index (κ1) is 20.0. The molecule has 132 valence electrons. The Labute approximate surface area is 151 Å². The predicted molar refractivity (Wildman–Crippen MR) is 94.1 cm³/mol. The summed E-state index contributed by atoms with van der Waals surface area (Å²) in [5.41, 5.74) is 5.72. The van der Waals surface area contributed by atoms with Gasteiger partial charge >= 0.3 is 6.55 Å². The lowest BCUT2D eigenvalue weighted by Gasteiger charge is -2.26. The van der Waals surface area contributed by atoms with Crippen LogP contribution in [0.15, 0.2) is 17.4 Å². The van der Waals surface area contributed by atoms with Crippen LogP contribution in [0.1, 0.15) is 18.8 Å². The number of imidazole rings is 1. The number of nitrogens with two attached hydrogens (primary N) is 1. The lowest BCUT2D eigenvalue weighted by Crippen LogP contribution is -2.39. The Balaban J connectivity index is 0.00000264. The number of alkyl halides is 2. The van der Waals surface area contributed by atoms with Gasteiger partial charge in [-0.2, -0.15) is 8.78 Å². The van der Waals surface area contributed by atoms with E-state index in [0.29, 0.717) is 6.54 Å². The molecule has 0 saturated carbocycles. The Kier molecular flexibility index (Phi) is 9.33. The van der Waals surface area contributed by atoms with E-state index in [2.05, 4.69) is 20.2 Å². The second-order valence-corrected chi connectivity index (χ2v) is 4.96. The van der Waals surface area contributed by atoms with Crippen molar-refractivity contribution in [2.75, 3.05) is 39.4 Å². The summed E-state index contributed by atoms with van der Waals surface area (Å²) in [6.07, 6.45) is 3.48. The highest BCUT2D eigenvalue weighted by atomic mass is 127. The summed E-state index contributed by atoms with van der Waals surface area (Å²) in [5.74, 6) is 0.430. The highest BCUT2D eigenvalue weighted by Crippen LogP contribution is 2.12. The molecule has 23 heavy (non-hydrogen) atoms. The Morgan fingerprint density at radius 3 is 2.87 bits per heavy atom. The normalized spacial score (nSPS) is 16.4. The van der Waals surface area contributed by atoms with Crippen LogP contribution >= 0.6 is 24.0 Å². The molecule has 7 nitrogen and oxygen atoms in total. The number of hydrogen-bond acceptors (Lipinski definition) is 4.